The van der Waals surface area contributed by atoms with Crippen LogP contribution >= 0.6 is 23.4 Å². The summed E-state index contributed by atoms with van der Waals surface area (Å²) in [4.78, 5) is 14.8. The van der Waals surface area contributed by atoms with E-state index in [1.807, 2.05) is 11.8 Å². The Balaban J connectivity index is 2.03. The second-order valence-electron chi connectivity index (χ2n) is 4.42. The van der Waals surface area contributed by atoms with E-state index in [0.29, 0.717) is 17.1 Å². The van der Waals surface area contributed by atoms with Crippen molar-refractivity contribution in [3.8, 4) is 0 Å². The van der Waals surface area contributed by atoms with Gasteiger partial charge in [-0.15, -0.1) is 0 Å². The van der Waals surface area contributed by atoms with Crippen LogP contribution in [0.5, 0.6) is 0 Å². The first kappa shape index (κ1) is 14.7. The lowest BCUT2D eigenvalue weighted by Crippen LogP contribution is -2.25. The largest absolute Gasteiger partial charge is 0.353 e. The van der Waals surface area contributed by atoms with Gasteiger partial charge in [-0.2, -0.15) is 26.7 Å². The molecule has 0 aliphatic carbocycles. The zero-order chi connectivity index (χ0) is 13.7. The minimum atomic E-state index is 0.249. The van der Waals surface area contributed by atoms with E-state index < -0.39 is 0 Å². The molecule has 0 saturated carbocycles. The number of nitrogens with one attached hydrogen (secondary N) is 1. The Morgan fingerprint density at radius 2 is 2.11 bits per heavy atom. The second-order valence-corrected chi connectivity index (χ2v) is 6.16. The molecule has 5 nitrogen and oxygen atoms in total. The number of thioether (sulfide) groups is 1. The van der Waals surface area contributed by atoms with Crippen molar-refractivity contribution in [2.24, 2.45) is 0 Å². The lowest BCUT2D eigenvalue weighted by molar-refractivity contribution is 0.789. The second kappa shape index (κ2) is 7.14. The molecule has 1 aromatic heterocycles. The highest BCUT2D eigenvalue weighted by Crippen LogP contribution is 2.26. The molecule has 7 heteroatoms. The molecule has 0 amide bonds. The Morgan fingerprint density at radius 1 is 1.32 bits per heavy atom. The molecule has 0 radical (unpaired) electrons. The number of halogens is 1. The van der Waals surface area contributed by atoms with E-state index in [4.69, 9.17) is 11.6 Å². The predicted octanol–water partition coefficient (Wildman–Crippen LogP) is 2.68. The fraction of sp³-hybridized carbons (Fsp3) is 0.750. The van der Waals surface area contributed by atoms with Crippen LogP contribution in [-0.4, -0.2) is 45.6 Å². The van der Waals surface area contributed by atoms with Gasteiger partial charge in [-0.1, -0.05) is 0 Å². The molecule has 2 rings (SSSR count). The molecule has 19 heavy (non-hydrogen) atoms. The van der Waals surface area contributed by atoms with Crippen molar-refractivity contribution in [2.45, 2.75) is 31.9 Å². The number of nitrogens with zero attached hydrogens (tertiary/aromatic N) is 4. The van der Waals surface area contributed by atoms with Gasteiger partial charge in [0, 0.05) is 24.9 Å². The molecule has 1 N–H and O–H groups in total. The molecule has 0 bridgehead atoms. The van der Waals surface area contributed by atoms with Gasteiger partial charge in [0.1, 0.15) is 0 Å². The zero-order valence-electron chi connectivity index (χ0n) is 11.4. The first-order chi connectivity index (χ1) is 9.22. The van der Waals surface area contributed by atoms with Crippen molar-refractivity contribution in [1.82, 2.24) is 15.0 Å². The van der Waals surface area contributed by atoms with Gasteiger partial charge in [-0.05, 0) is 44.0 Å². The maximum atomic E-state index is 5.97. The summed E-state index contributed by atoms with van der Waals surface area (Å²) < 4.78 is 0. The summed E-state index contributed by atoms with van der Waals surface area (Å²) in [5, 5.41) is 4.18. The van der Waals surface area contributed by atoms with Crippen LogP contribution in [0.1, 0.15) is 26.7 Å². The molecule has 1 aromatic rings. The number of hydrogen-bond acceptors (Lipinski definition) is 6. The van der Waals surface area contributed by atoms with E-state index in [0.717, 1.165) is 19.6 Å². The van der Waals surface area contributed by atoms with Crippen LogP contribution in [-0.2, 0) is 0 Å². The summed E-state index contributed by atoms with van der Waals surface area (Å²) in [6.07, 6.45) is 2.57. The average Bonchev–Trinajstić information content (AvgIpc) is 2.90. The van der Waals surface area contributed by atoms with Crippen molar-refractivity contribution in [3.05, 3.63) is 5.28 Å². The van der Waals surface area contributed by atoms with E-state index in [2.05, 4.69) is 39.0 Å². The van der Waals surface area contributed by atoms with Crippen LogP contribution in [0.25, 0.3) is 0 Å². The van der Waals surface area contributed by atoms with Crippen LogP contribution in [0.4, 0.5) is 11.9 Å². The highest BCUT2D eigenvalue weighted by atomic mass is 35.5. The third-order valence-corrected chi connectivity index (χ3v) is 4.72. The van der Waals surface area contributed by atoms with Crippen molar-refractivity contribution in [2.75, 3.05) is 35.6 Å². The van der Waals surface area contributed by atoms with Crippen LogP contribution in [0, 0.1) is 0 Å². The summed E-state index contributed by atoms with van der Waals surface area (Å²) >= 11 is 7.98. The van der Waals surface area contributed by atoms with Crippen LogP contribution in [0.3, 0.4) is 0 Å². The fourth-order valence-corrected chi connectivity index (χ4v) is 3.43. The molecule has 1 fully saturated rings. The Labute approximate surface area is 123 Å². The maximum absolute atomic E-state index is 5.97. The number of aromatic nitrogens is 3. The Morgan fingerprint density at radius 3 is 2.74 bits per heavy atom. The summed E-state index contributed by atoms with van der Waals surface area (Å²) in [5.41, 5.74) is 0. The van der Waals surface area contributed by atoms with Crippen LogP contribution in [0.15, 0.2) is 0 Å². The summed E-state index contributed by atoms with van der Waals surface area (Å²) in [6.45, 7) is 6.75. The fourth-order valence-electron chi connectivity index (χ4n) is 2.08. The molecule has 0 aromatic carbocycles. The van der Waals surface area contributed by atoms with E-state index in [1.165, 1.54) is 18.6 Å². The molecule has 106 valence electrons. The van der Waals surface area contributed by atoms with Gasteiger partial charge in [0.05, 0.1) is 0 Å². The minimum absolute atomic E-state index is 0.249. The summed E-state index contributed by atoms with van der Waals surface area (Å²) in [6, 6.07) is 0. The number of anilines is 2. The monoisotopic (exact) mass is 301 g/mol. The third kappa shape index (κ3) is 4.11. The van der Waals surface area contributed by atoms with Crippen molar-refractivity contribution in [3.63, 3.8) is 0 Å². The number of rotatable bonds is 6. The SMILES string of the molecule is CCN(CC)c1nc(Cl)nc(NCC2CCCS2)n1. The van der Waals surface area contributed by atoms with Crippen molar-refractivity contribution < 1.29 is 0 Å². The molecular weight excluding hydrogens is 282 g/mol. The van der Waals surface area contributed by atoms with E-state index in [-0.39, 0.29) is 5.28 Å². The third-order valence-electron chi connectivity index (χ3n) is 3.15. The highest BCUT2D eigenvalue weighted by Gasteiger charge is 2.16. The van der Waals surface area contributed by atoms with Crippen molar-refractivity contribution in [1.29, 1.82) is 0 Å². The molecule has 1 unspecified atom stereocenters. The Kier molecular flexibility index (Phi) is 5.51. The molecular formula is C12H20ClN5S. The smallest absolute Gasteiger partial charge is 0.231 e. The number of hydrogen-bond donors (Lipinski definition) is 1. The molecule has 2 heterocycles. The average molecular weight is 302 g/mol. The van der Waals surface area contributed by atoms with E-state index in [1.54, 1.807) is 0 Å². The Bertz CT molecular complexity index is 407. The lowest BCUT2D eigenvalue weighted by atomic mass is 10.2. The summed E-state index contributed by atoms with van der Waals surface area (Å²) in [7, 11) is 0. The molecule has 1 aliphatic rings. The van der Waals surface area contributed by atoms with Gasteiger partial charge in [-0.3, -0.25) is 0 Å². The van der Waals surface area contributed by atoms with E-state index >= 15 is 0 Å². The highest BCUT2D eigenvalue weighted by molar-refractivity contribution is 8.00. The van der Waals surface area contributed by atoms with Crippen LogP contribution < -0.4 is 10.2 Å². The quantitative estimate of drug-likeness (QED) is 0.872. The minimum Gasteiger partial charge on any atom is -0.353 e. The first-order valence-electron chi connectivity index (χ1n) is 6.75. The Hall–Kier alpha value is -0.750. The first-order valence-corrected chi connectivity index (χ1v) is 8.17. The van der Waals surface area contributed by atoms with Gasteiger partial charge in [-0.25, -0.2) is 0 Å². The van der Waals surface area contributed by atoms with Gasteiger partial charge in [0.15, 0.2) is 0 Å². The van der Waals surface area contributed by atoms with Gasteiger partial charge in [0.2, 0.25) is 17.2 Å². The van der Waals surface area contributed by atoms with E-state index in [9.17, 15) is 0 Å². The zero-order valence-corrected chi connectivity index (χ0v) is 13.0. The molecule has 1 atom stereocenters. The molecule has 1 aliphatic heterocycles. The lowest BCUT2D eigenvalue weighted by Gasteiger charge is -2.19. The van der Waals surface area contributed by atoms with Gasteiger partial charge < -0.3 is 10.2 Å². The standard InChI is InChI=1S/C12H20ClN5S/c1-3-18(4-2)12-16-10(13)15-11(17-12)14-8-9-6-5-7-19-9/h9H,3-8H2,1-2H3,(H,14,15,16,17). The summed E-state index contributed by atoms with van der Waals surface area (Å²) in [5.74, 6) is 2.48. The maximum Gasteiger partial charge on any atom is 0.231 e. The normalized spacial score (nSPS) is 18.6. The van der Waals surface area contributed by atoms with Crippen LogP contribution in [0.2, 0.25) is 5.28 Å². The van der Waals surface area contributed by atoms with Gasteiger partial charge in [0.25, 0.3) is 0 Å². The van der Waals surface area contributed by atoms with Gasteiger partial charge >= 0.3 is 0 Å². The van der Waals surface area contributed by atoms with Crippen molar-refractivity contribution >= 4 is 35.3 Å². The molecule has 1 saturated heterocycles. The topological polar surface area (TPSA) is 53.9 Å². The molecule has 0 spiro atoms. The predicted molar refractivity (Wildman–Crippen MR) is 82.4 cm³/mol.